The zero-order valence-electron chi connectivity index (χ0n) is 15.3. The Morgan fingerprint density at radius 3 is 2.75 bits per heavy atom. The summed E-state index contributed by atoms with van der Waals surface area (Å²) in [5.74, 6) is -0.351. The van der Waals surface area contributed by atoms with Crippen LogP contribution in [0, 0.1) is 0 Å². The van der Waals surface area contributed by atoms with Gasteiger partial charge in [-0.1, -0.05) is 60.4 Å². The van der Waals surface area contributed by atoms with Gasteiger partial charge < -0.3 is 5.32 Å². The molecule has 2 aromatic rings. The smallest absolute Gasteiger partial charge is 0.266 e. The van der Waals surface area contributed by atoms with Gasteiger partial charge in [0.2, 0.25) is 5.91 Å². The van der Waals surface area contributed by atoms with Crippen molar-refractivity contribution < 1.29 is 9.59 Å². The summed E-state index contributed by atoms with van der Waals surface area (Å²) in [6.07, 6.45) is 7.21. The lowest BCUT2D eigenvalue weighted by Crippen LogP contribution is -2.31. The molecule has 0 unspecified atom stereocenters. The number of thiocarbonyl (C=S) groups is 1. The second kappa shape index (κ2) is 9.43. The fourth-order valence-electron chi connectivity index (χ4n) is 2.63. The van der Waals surface area contributed by atoms with E-state index in [2.05, 4.69) is 10.3 Å². The summed E-state index contributed by atoms with van der Waals surface area (Å²) in [6, 6.07) is 13.4. The maximum absolute atomic E-state index is 12.7. The van der Waals surface area contributed by atoms with E-state index in [1.54, 1.807) is 24.5 Å². The highest BCUT2D eigenvalue weighted by molar-refractivity contribution is 8.26. The van der Waals surface area contributed by atoms with Crippen molar-refractivity contribution in [2.45, 2.75) is 13.3 Å². The van der Waals surface area contributed by atoms with Crippen LogP contribution in [0.3, 0.4) is 0 Å². The molecule has 1 aromatic heterocycles. The summed E-state index contributed by atoms with van der Waals surface area (Å²) in [6.45, 7) is 2.19. The number of nitrogens with one attached hydrogen (secondary N) is 1. The largest absolute Gasteiger partial charge is 0.325 e. The first-order valence-corrected chi connectivity index (χ1v) is 9.94. The van der Waals surface area contributed by atoms with Gasteiger partial charge in [0.1, 0.15) is 4.32 Å². The number of hydrogen-bond donors (Lipinski definition) is 1. The van der Waals surface area contributed by atoms with Crippen LogP contribution in [0.15, 0.2) is 71.4 Å². The van der Waals surface area contributed by atoms with Crippen molar-refractivity contribution in [2.75, 3.05) is 11.9 Å². The highest BCUT2D eigenvalue weighted by Crippen LogP contribution is 2.32. The second-order valence-corrected chi connectivity index (χ2v) is 7.85. The Kier molecular flexibility index (Phi) is 6.73. The molecule has 5 nitrogen and oxygen atoms in total. The van der Waals surface area contributed by atoms with Gasteiger partial charge in [-0.15, -0.1) is 0 Å². The minimum atomic E-state index is -0.189. The molecule has 28 heavy (non-hydrogen) atoms. The van der Waals surface area contributed by atoms with Gasteiger partial charge in [0, 0.05) is 19.2 Å². The van der Waals surface area contributed by atoms with Gasteiger partial charge in [-0.25, -0.2) is 0 Å². The molecule has 3 rings (SSSR count). The first kappa shape index (κ1) is 20.0. The van der Waals surface area contributed by atoms with Crippen molar-refractivity contribution in [1.29, 1.82) is 0 Å². The third-order valence-corrected chi connectivity index (χ3v) is 5.31. The number of amides is 2. The molecule has 7 heteroatoms. The van der Waals surface area contributed by atoms with E-state index in [4.69, 9.17) is 12.2 Å². The maximum atomic E-state index is 12.7. The minimum absolute atomic E-state index is 0.160. The number of benzene rings is 1. The maximum Gasteiger partial charge on any atom is 0.266 e. The quantitative estimate of drug-likeness (QED) is 0.571. The summed E-state index contributed by atoms with van der Waals surface area (Å²) in [4.78, 5) is 30.7. The minimum Gasteiger partial charge on any atom is -0.325 e. The van der Waals surface area contributed by atoms with E-state index in [0.29, 0.717) is 14.9 Å². The number of rotatable bonds is 6. The summed E-state index contributed by atoms with van der Waals surface area (Å²) in [5, 5.41) is 2.75. The standard InChI is InChI=1S/C21H19N3O2S2/c1-15(12-16-6-3-2-4-7-16)13-18-20(26)24(21(27)28-18)11-9-19(25)23-17-8-5-10-22-14-17/h2-8,10,12-14H,9,11H2,1H3,(H,23,25)/b15-12+,18-13-. The van der Waals surface area contributed by atoms with Crippen LogP contribution >= 0.6 is 24.0 Å². The predicted molar refractivity (Wildman–Crippen MR) is 118 cm³/mol. The Morgan fingerprint density at radius 1 is 1.25 bits per heavy atom. The van der Waals surface area contributed by atoms with Gasteiger partial charge >= 0.3 is 0 Å². The number of carbonyl (C=O) groups excluding carboxylic acids is 2. The molecule has 1 aromatic carbocycles. The third kappa shape index (κ3) is 5.37. The normalized spacial score (nSPS) is 16.0. The second-order valence-electron chi connectivity index (χ2n) is 6.17. The number of hydrogen-bond acceptors (Lipinski definition) is 5. The van der Waals surface area contributed by atoms with Crippen LogP contribution < -0.4 is 5.32 Å². The summed E-state index contributed by atoms with van der Waals surface area (Å²) in [7, 11) is 0. The van der Waals surface area contributed by atoms with E-state index in [-0.39, 0.29) is 24.8 Å². The molecule has 0 radical (unpaired) electrons. The van der Waals surface area contributed by atoms with Crippen LogP contribution in [0.5, 0.6) is 0 Å². The summed E-state index contributed by atoms with van der Waals surface area (Å²) >= 11 is 6.59. The van der Waals surface area contributed by atoms with Gasteiger partial charge in [0.15, 0.2) is 0 Å². The highest BCUT2D eigenvalue weighted by Gasteiger charge is 2.32. The molecular weight excluding hydrogens is 390 g/mol. The van der Waals surface area contributed by atoms with Crippen molar-refractivity contribution in [2.24, 2.45) is 0 Å². The van der Waals surface area contributed by atoms with E-state index in [0.717, 1.165) is 11.1 Å². The molecule has 2 heterocycles. The number of nitrogens with zero attached hydrogens (tertiary/aromatic N) is 2. The lowest BCUT2D eigenvalue weighted by Gasteiger charge is -2.14. The molecule has 1 aliphatic rings. The Balaban J connectivity index is 1.60. The molecular formula is C21H19N3O2S2. The van der Waals surface area contributed by atoms with Crippen LogP contribution in [0.1, 0.15) is 18.9 Å². The number of carbonyl (C=O) groups is 2. The van der Waals surface area contributed by atoms with Crippen molar-refractivity contribution in [3.63, 3.8) is 0 Å². The molecule has 142 valence electrons. The number of anilines is 1. The lowest BCUT2D eigenvalue weighted by molar-refractivity contribution is -0.122. The Labute approximate surface area is 173 Å². The van der Waals surface area contributed by atoms with E-state index < -0.39 is 0 Å². The number of allylic oxidation sites excluding steroid dienone is 2. The molecule has 0 aliphatic carbocycles. The predicted octanol–water partition coefficient (Wildman–Crippen LogP) is 4.26. The molecule has 0 saturated carbocycles. The molecule has 0 atom stereocenters. The van der Waals surface area contributed by atoms with Gasteiger partial charge in [-0.2, -0.15) is 0 Å². The topological polar surface area (TPSA) is 62.3 Å². The van der Waals surface area contributed by atoms with E-state index in [9.17, 15) is 9.59 Å². The van der Waals surface area contributed by atoms with Gasteiger partial charge in [0.25, 0.3) is 5.91 Å². The summed E-state index contributed by atoms with van der Waals surface area (Å²) in [5.41, 5.74) is 2.65. The average molecular weight is 410 g/mol. The zero-order chi connectivity index (χ0) is 19.9. The highest BCUT2D eigenvalue weighted by atomic mass is 32.2. The van der Waals surface area contributed by atoms with Crippen LogP contribution in [-0.4, -0.2) is 32.6 Å². The Bertz CT molecular complexity index is 941. The van der Waals surface area contributed by atoms with Crippen LogP contribution in [0.25, 0.3) is 6.08 Å². The molecule has 1 N–H and O–H groups in total. The van der Waals surface area contributed by atoms with E-state index in [1.165, 1.54) is 16.7 Å². The van der Waals surface area contributed by atoms with E-state index in [1.807, 2.05) is 49.4 Å². The van der Waals surface area contributed by atoms with Crippen LogP contribution in [0.2, 0.25) is 0 Å². The number of thioether (sulfide) groups is 1. The van der Waals surface area contributed by atoms with Gasteiger partial charge in [0.05, 0.1) is 16.8 Å². The number of aromatic nitrogens is 1. The number of pyridine rings is 1. The SMILES string of the molecule is CC(/C=C1\SC(=S)N(CCC(=O)Nc2cccnc2)C1=O)=C\c1ccccc1. The lowest BCUT2D eigenvalue weighted by atomic mass is 10.1. The van der Waals surface area contributed by atoms with Gasteiger partial charge in [-0.3, -0.25) is 19.5 Å². The molecule has 0 bridgehead atoms. The van der Waals surface area contributed by atoms with Crippen molar-refractivity contribution in [3.8, 4) is 0 Å². The van der Waals surface area contributed by atoms with Crippen molar-refractivity contribution in [1.82, 2.24) is 9.88 Å². The Hall–Kier alpha value is -2.77. The molecule has 1 saturated heterocycles. The van der Waals surface area contributed by atoms with Crippen LogP contribution in [-0.2, 0) is 9.59 Å². The van der Waals surface area contributed by atoms with Gasteiger partial charge in [-0.05, 0) is 36.3 Å². The Morgan fingerprint density at radius 2 is 2.04 bits per heavy atom. The van der Waals surface area contributed by atoms with Crippen LogP contribution in [0.4, 0.5) is 5.69 Å². The first-order valence-electron chi connectivity index (χ1n) is 8.71. The summed E-state index contributed by atoms with van der Waals surface area (Å²) < 4.78 is 0.470. The molecule has 0 spiro atoms. The first-order chi connectivity index (χ1) is 13.5. The van der Waals surface area contributed by atoms with Crippen molar-refractivity contribution in [3.05, 3.63) is 77.0 Å². The fourth-order valence-corrected chi connectivity index (χ4v) is 3.99. The third-order valence-electron chi connectivity index (χ3n) is 3.93. The molecule has 1 fully saturated rings. The van der Waals surface area contributed by atoms with E-state index >= 15 is 0 Å². The van der Waals surface area contributed by atoms with Crippen molar-refractivity contribution >= 4 is 51.9 Å². The average Bonchev–Trinajstić information content (AvgIpc) is 2.94. The monoisotopic (exact) mass is 409 g/mol. The fraction of sp³-hybridized carbons (Fsp3) is 0.143. The molecule has 1 aliphatic heterocycles. The zero-order valence-corrected chi connectivity index (χ0v) is 16.9. The molecule has 2 amide bonds.